The lowest BCUT2D eigenvalue weighted by Crippen LogP contribution is -2.10. The van der Waals surface area contributed by atoms with E-state index < -0.39 is 0 Å². The quantitative estimate of drug-likeness (QED) is 0.199. The van der Waals surface area contributed by atoms with Crippen molar-refractivity contribution in [2.45, 2.75) is 13.8 Å². The Balaban J connectivity index is 1.42. The molecule has 1 heteroatoms. The lowest BCUT2D eigenvalue weighted by atomic mass is 9.92. The van der Waals surface area contributed by atoms with Crippen LogP contribution in [0.25, 0.3) is 44.2 Å². The molecule has 0 aliphatic heterocycles. The Hall–Kier alpha value is -5.40. The van der Waals surface area contributed by atoms with Crippen LogP contribution in [0.5, 0.6) is 0 Å². The van der Waals surface area contributed by atoms with Crippen molar-refractivity contribution < 1.29 is 0 Å². The van der Waals surface area contributed by atoms with Gasteiger partial charge in [-0.3, -0.25) is 0 Å². The largest absolute Gasteiger partial charge is 0.310 e. The van der Waals surface area contributed by atoms with Gasteiger partial charge in [-0.25, -0.2) is 0 Å². The van der Waals surface area contributed by atoms with Crippen molar-refractivity contribution in [2.24, 2.45) is 0 Å². The van der Waals surface area contributed by atoms with Crippen LogP contribution in [0.1, 0.15) is 11.1 Å². The molecule has 0 saturated heterocycles. The van der Waals surface area contributed by atoms with Crippen LogP contribution in [0.2, 0.25) is 0 Å². The third-order valence-electron chi connectivity index (χ3n) is 8.18. The highest BCUT2D eigenvalue weighted by atomic mass is 15.1. The van der Waals surface area contributed by atoms with Gasteiger partial charge in [0, 0.05) is 17.1 Å². The van der Waals surface area contributed by atoms with Gasteiger partial charge in [-0.1, -0.05) is 133 Å². The maximum Gasteiger partial charge on any atom is 0.0474 e. The fourth-order valence-corrected chi connectivity index (χ4v) is 6.19. The zero-order valence-electron chi connectivity index (χ0n) is 24.5. The Morgan fingerprint density at radius 1 is 0.372 bits per heavy atom. The summed E-state index contributed by atoms with van der Waals surface area (Å²) in [4.78, 5) is 2.38. The molecular formula is C42H33N. The monoisotopic (exact) mass is 551 g/mol. The first-order valence-corrected chi connectivity index (χ1v) is 14.9. The second kappa shape index (κ2) is 11.5. The van der Waals surface area contributed by atoms with Gasteiger partial charge in [-0.15, -0.1) is 0 Å². The molecule has 0 atom stereocenters. The minimum absolute atomic E-state index is 1.12. The standard InChI is InChI=1S/C42H33N/c1-30-26-31(2)42-37(27-30)28-40(29-41(42)36-16-10-5-11-17-36)43(38-22-18-34(19-23-38)32-12-6-3-7-13-32)39-24-20-35(21-25-39)33-14-8-4-9-15-33/h3-29H,1-2H3. The molecule has 0 unspecified atom stereocenters. The Morgan fingerprint density at radius 2 is 0.814 bits per heavy atom. The number of hydrogen-bond donors (Lipinski definition) is 0. The first-order valence-electron chi connectivity index (χ1n) is 14.9. The number of rotatable bonds is 6. The molecular weight excluding hydrogens is 518 g/mol. The molecule has 0 radical (unpaired) electrons. The van der Waals surface area contributed by atoms with E-state index >= 15 is 0 Å². The third kappa shape index (κ3) is 5.34. The Morgan fingerprint density at radius 3 is 1.30 bits per heavy atom. The summed E-state index contributed by atoms with van der Waals surface area (Å²) >= 11 is 0. The summed E-state index contributed by atoms with van der Waals surface area (Å²) in [6.07, 6.45) is 0. The molecule has 1 nitrogen and oxygen atoms in total. The average Bonchev–Trinajstić information content (AvgIpc) is 3.06. The smallest absolute Gasteiger partial charge is 0.0474 e. The van der Waals surface area contributed by atoms with Crippen LogP contribution in [0.15, 0.2) is 164 Å². The summed E-state index contributed by atoms with van der Waals surface area (Å²) in [5, 5.41) is 2.56. The van der Waals surface area contributed by atoms with Gasteiger partial charge < -0.3 is 4.90 Å². The van der Waals surface area contributed by atoms with E-state index in [2.05, 4.69) is 183 Å². The molecule has 0 heterocycles. The molecule has 0 aliphatic rings. The van der Waals surface area contributed by atoms with E-state index in [1.54, 1.807) is 0 Å². The fraction of sp³-hybridized carbons (Fsp3) is 0.0476. The topological polar surface area (TPSA) is 3.24 Å². The summed E-state index contributed by atoms with van der Waals surface area (Å²) in [5.74, 6) is 0. The minimum Gasteiger partial charge on any atom is -0.310 e. The van der Waals surface area contributed by atoms with Gasteiger partial charge in [0.25, 0.3) is 0 Å². The van der Waals surface area contributed by atoms with Gasteiger partial charge in [0.2, 0.25) is 0 Å². The molecule has 0 spiro atoms. The van der Waals surface area contributed by atoms with Crippen molar-refractivity contribution in [3.8, 4) is 33.4 Å². The van der Waals surface area contributed by atoms with Crippen LogP contribution >= 0.6 is 0 Å². The van der Waals surface area contributed by atoms with Gasteiger partial charge in [-0.2, -0.15) is 0 Å². The molecule has 7 aromatic carbocycles. The van der Waals surface area contributed by atoms with E-state index in [1.807, 2.05) is 0 Å². The molecule has 0 aromatic heterocycles. The number of fused-ring (bicyclic) bond motifs is 1. The molecule has 0 aliphatic carbocycles. The molecule has 7 rings (SSSR count). The molecule has 7 aromatic rings. The van der Waals surface area contributed by atoms with E-state index in [0.29, 0.717) is 0 Å². The zero-order valence-corrected chi connectivity index (χ0v) is 24.5. The predicted octanol–water partition coefficient (Wildman–Crippen LogP) is 11.9. The molecule has 0 saturated carbocycles. The number of benzene rings is 7. The lowest BCUT2D eigenvalue weighted by Gasteiger charge is -2.27. The highest BCUT2D eigenvalue weighted by Crippen LogP contribution is 2.42. The van der Waals surface area contributed by atoms with Gasteiger partial charge in [0.1, 0.15) is 0 Å². The SMILES string of the molecule is Cc1cc(C)c2c(-c3ccccc3)cc(N(c3ccc(-c4ccccc4)cc3)c3ccc(-c4ccccc4)cc3)cc2c1. The van der Waals surface area contributed by atoms with E-state index in [9.17, 15) is 0 Å². The highest BCUT2D eigenvalue weighted by Gasteiger charge is 2.17. The van der Waals surface area contributed by atoms with E-state index in [0.717, 1.165) is 17.1 Å². The van der Waals surface area contributed by atoms with Crippen LogP contribution in [-0.2, 0) is 0 Å². The highest BCUT2D eigenvalue weighted by molar-refractivity contribution is 6.03. The molecule has 0 N–H and O–H groups in total. The first-order chi connectivity index (χ1) is 21.1. The molecule has 0 amide bonds. The van der Waals surface area contributed by atoms with Gasteiger partial charge in [-0.05, 0) is 100.0 Å². The van der Waals surface area contributed by atoms with Crippen molar-refractivity contribution in [1.82, 2.24) is 0 Å². The summed E-state index contributed by atoms with van der Waals surface area (Å²) in [6.45, 7) is 4.41. The molecule has 0 bridgehead atoms. The summed E-state index contributed by atoms with van der Waals surface area (Å²) in [5.41, 5.74) is 13.3. The normalized spacial score (nSPS) is 11.0. The second-order valence-electron chi connectivity index (χ2n) is 11.2. The van der Waals surface area contributed by atoms with Crippen LogP contribution in [-0.4, -0.2) is 0 Å². The Kier molecular flexibility index (Phi) is 7.07. The van der Waals surface area contributed by atoms with Crippen molar-refractivity contribution in [3.63, 3.8) is 0 Å². The van der Waals surface area contributed by atoms with Gasteiger partial charge in [0.05, 0.1) is 0 Å². The van der Waals surface area contributed by atoms with Gasteiger partial charge in [0.15, 0.2) is 0 Å². The van der Waals surface area contributed by atoms with Crippen LogP contribution < -0.4 is 4.90 Å². The number of nitrogens with zero attached hydrogens (tertiary/aromatic N) is 1. The first kappa shape index (κ1) is 26.5. The fourth-order valence-electron chi connectivity index (χ4n) is 6.19. The second-order valence-corrected chi connectivity index (χ2v) is 11.2. The van der Waals surface area contributed by atoms with Crippen LogP contribution in [0.4, 0.5) is 17.1 Å². The summed E-state index contributed by atoms with van der Waals surface area (Å²) < 4.78 is 0. The van der Waals surface area contributed by atoms with Crippen LogP contribution in [0.3, 0.4) is 0 Å². The Labute approximate surface area is 254 Å². The van der Waals surface area contributed by atoms with E-state index in [1.165, 1.54) is 55.3 Å². The Bertz CT molecular complexity index is 1910. The molecule has 0 fully saturated rings. The maximum absolute atomic E-state index is 2.38. The van der Waals surface area contributed by atoms with E-state index in [-0.39, 0.29) is 0 Å². The summed E-state index contributed by atoms with van der Waals surface area (Å²) in [6, 6.07) is 59.1. The van der Waals surface area contributed by atoms with E-state index in [4.69, 9.17) is 0 Å². The number of aryl methyl sites for hydroxylation is 2. The molecule has 43 heavy (non-hydrogen) atoms. The van der Waals surface area contributed by atoms with Crippen molar-refractivity contribution >= 4 is 27.8 Å². The predicted molar refractivity (Wildman–Crippen MR) is 184 cm³/mol. The van der Waals surface area contributed by atoms with Crippen molar-refractivity contribution in [2.75, 3.05) is 4.90 Å². The third-order valence-corrected chi connectivity index (χ3v) is 8.18. The number of anilines is 3. The summed E-state index contributed by atoms with van der Waals surface area (Å²) in [7, 11) is 0. The van der Waals surface area contributed by atoms with Crippen molar-refractivity contribution in [3.05, 3.63) is 175 Å². The molecule has 206 valence electrons. The zero-order chi connectivity index (χ0) is 29.2. The lowest BCUT2D eigenvalue weighted by molar-refractivity contribution is 1.29. The van der Waals surface area contributed by atoms with Gasteiger partial charge >= 0.3 is 0 Å². The minimum atomic E-state index is 1.12. The number of hydrogen-bond acceptors (Lipinski definition) is 1. The van der Waals surface area contributed by atoms with Crippen LogP contribution in [0, 0.1) is 13.8 Å². The maximum atomic E-state index is 2.38. The van der Waals surface area contributed by atoms with Crippen molar-refractivity contribution in [1.29, 1.82) is 0 Å². The average molecular weight is 552 g/mol.